The molecular weight excluding hydrogens is 330 g/mol. The molecule has 22 heavy (non-hydrogen) atoms. The predicted octanol–water partition coefficient (Wildman–Crippen LogP) is 4.12. The zero-order chi connectivity index (χ0) is 16.3. The van der Waals surface area contributed by atoms with Gasteiger partial charge in [0.25, 0.3) is 5.91 Å². The number of amides is 1. The molecule has 1 unspecified atom stereocenters. The van der Waals surface area contributed by atoms with Gasteiger partial charge in [-0.2, -0.15) is 0 Å². The highest BCUT2D eigenvalue weighted by Gasteiger charge is 2.17. The number of nitrogens with two attached hydrogens (primary N) is 1. The van der Waals surface area contributed by atoms with Gasteiger partial charge in [0, 0.05) is 10.7 Å². The van der Waals surface area contributed by atoms with Crippen molar-refractivity contribution in [2.75, 3.05) is 11.1 Å². The van der Waals surface area contributed by atoms with Crippen molar-refractivity contribution in [3.8, 4) is 5.75 Å². The van der Waals surface area contributed by atoms with Gasteiger partial charge in [-0.1, -0.05) is 23.2 Å². The fraction of sp³-hybridized carbons (Fsp3) is 0.133. The third-order valence-electron chi connectivity index (χ3n) is 2.83. The average molecular weight is 343 g/mol. The van der Waals surface area contributed by atoms with Crippen molar-refractivity contribution in [1.29, 1.82) is 0 Å². The molecule has 0 radical (unpaired) electrons. The van der Waals surface area contributed by atoms with Gasteiger partial charge in [0.15, 0.2) is 6.10 Å². The van der Waals surface area contributed by atoms with Crippen LogP contribution in [0.5, 0.6) is 5.75 Å². The molecule has 2 rings (SSSR count). The van der Waals surface area contributed by atoms with Crippen molar-refractivity contribution in [2.24, 2.45) is 0 Å². The molecule has 0 spiro atoms. The molecule has 2 aromatic rings. The van der Waals surface area contributed by atoms with E-state index in [9.17, 15) is 9.18 Å². The molecule has 7 heteroatoms. The molecule has 0 aliphatic heterocycles. The van der Waals surface area contributed by atoms with Gasteiger partial charge in [-0.3, -0.25) is 4.79 Å². The largest absolute Gasteiger partial charge is 0.479 e. The zero-order valence-corrected chi connectivity index (χ0v) is 13.1. The summed E-state index contributed by atoms with van der Waals surface area (Å²) in [5.74, 6) is -0.723. The van der Waals surface area contributed by atoms with Crippen molar-refractivity contribution in [2.45, 2.75) is 13.0 Å². The third-order valence-corrected chi connectivity index (χ3v) is 3.37. The summed E-state index contributed by atoms with van der Waals surface area (Å²) in [6.45, 7) is 1.55. The Morgan fingerprint density at radius 3 is 2.64 bits per heavy atom. The Morgan fingerprint density at radius 1 is 1.27 bits per heavy atom. The Hall–Kier alpha value is -1.98. The Kier molecular flexibility index (Phi) is 5.11. The zero-order valence-electron chi connectivity index (χ0n) is 11.6. The van der Waals surface area contributed by atoms with E-state index in [2.05, 4.69) is 5.32 Å². The van der Waals surface area contributed by atoms with Crippen molar-refractivity contribution < 1.29 is 13.9 Å². The number of hydrogen-bond donors (Lipinski definition) is 2. The highest BCUT2D eigenvalue weighted by Crippen LogP contribution is 2.28. The standard InChI is InChI=1S/C15H13Cl2FN2O2/c1-8(22-14-5-2-9(16)6-11(14)17)15(21)20-10-3-4-13(19)12(18)7-10/h2-8H,19H2,1H3,(H,20,21). The summed E-state index contributed by atoms with van der Waals surface area (Å²) < 4.78 is 18.8. The molecule has 0 aliphatic carbocycles. The normalized spacial score (nSPS) is 11.8. The first-order chi connectivity index (χ1) is 10.4. The van der Waals surface area contributed by atoms with Crippen LogP contribution in [0.3, 0.4) is 0 Å². The van der Waals surface area contributed by atoms with Crippen LogP contribution >= 0.6 is 23.2 Å². The predicted molar refractivity (Wildman–Crippen MR) is 86.0 cm³/mol. The molecule has 0 bridgehead atoms. The maximum absolute atomic E-state index is 13.3. The molecule has 0 heterocycles. The van der Waals surface area contributed by atoms with E-state index in [1.165, 1.54) is 18.2 Å². The molecule has 0 saturated heterocycles. The van der Waals surface area contributed by atoms with Crippen LogP contribution in [0.15, 0.2) is 36.4 Å². The number of hydrogen-bond acceptors (Lipinski definition) is 3. The summed E-state index contributed by atoms with van der Waals surface area (Å²) in [4.78, 5) is 12.0. The van der Waals surface area contributed by atoms with Gasteiger partial charge in [0.05, 0.1) is 10.7 Å². The Morgan fingerprint density at radius 2 is 2.00 bits per heavy atom. The molecule has 4 nitrogen and oxygen atoms in total. The highest BCUT2D eigenvalue weighted by molar-refractivity contribution is 6.35. The van der Waals surface area contributed by atoms with Gasteiger partial charge in [-0.25, -0.2) is 4.39 Å². The number of benzene rings is 2. The van der Waals surface area contributed by atoms with Crippen molar-refractivity contribution in [1.82, 2.24) is 0 Å². The molecule has 0 aliphatic rings. The topological polar surface area (TPSA) is 64.3 Å². The smallest absolute Gasteiger partial charge is 0.265 e. The maximum Gasteiger partial charge on any atom is 0.265 e. The average Bonchev–Trinajstić information content (AvgIpc) is 2.45. The van der Waals surface area contributed by atoms with E-state index in [0.29, 0.717) is 15.8 Å². The van der Waals surface area contributed by atoms with Gasteiger partial charge in [0.2, 0.25) is 0 Å². The lowest BCUT2D eigenvalue weighted by molar-refractivity contribution is -0.122. The summed E-state index contributed by atoms with van der Waals surface area (Å²) in [6.07, 6.45) is -0.834. The van der Waals surface area contributed by atoms with E-state index in [1.807, 2.05) is 0 Å². The lowest BCUT2D eigenvalue weighted by atomic mass is 10.2. The van der Waals surface area contributed by atoms with E-state index < -0.39 is 17.8 Å². The second-order valence-electron chi connectivity index (χ2n) is 4.56. The van der Waals surface area contributed by atoms with Crippen molar-refractivity contribution in [3.05, 3.63) is 52.3 Å². The molecule has 1 atom stereocenters. The number of halogens is 3. The summed E-state index contributed by atoms with van der Waals surface area (Å²) in [7, 11) is 0. The summed E-state index contributed by atoms with van der Waals surface area (Å²) in [5.41, 5.74) is 5.67. The van der Waals surface area contributed by atoms with Crippen LogP contribution in [-0.4, -0.2) is 12.0 Å². The van der Waals surface area contributed by atoms with Gasteiger partial charge < -0.3 is 15.8 Å². The third kappa shape index (κ3) is 4.02. The Labute approximate surface area is 137 Å². The Balaban J connectivity index is 2.04. The van der Waals surface area contributed by atoms with Crippen LogP contribution in [0.2, 0.25) is 10.0 Å². The second kappa shape index (κ2) is 6.85. The SMILES string of the molecule is CC(Oc1ccc(Cl)cc1Cl)C(=O)Nc1ccc(N)c(F)c1. The minimum atomic E-state index is -0.834. The highest BCUT2D eigenvalue weighted by atomic mass is 35.5. The van der Waals surface area contributed by atoms with E-state index >= 15 is 0 Å². The molecule has 116 valence electrons. The first kappa shape index (κ1) is 16.4. The van der Waals surface area contributed by atoms with E-state index in [0.717, 1.165) is 6.07 Å². The molecule has 0 fully saturated rings. The lowest BCUT2D eigenvalue weighted by Crippen LogP contribution is -2.30. The molecule has 1 amide bonds. The molecular formula is C15H13Cl2FN2O2. The van der Waals surface area contributed by atoms with Crippen LogP contribution in [-0.2, 0) is 4.79 Å². The van der Waals surface area contributed by atoms with Crippen LogP contribution in [0, 0.1) is 5.82 Å². The van der Waals surface area contributed by atoms with Crippen molar-refractivity contribution in [3.63, 3.8) is 0 Å². The number of nitrogens with one attached hydrogen (secondary N) is 1. The molecule has 0 aromatic heterocycles. The first-order valence-electron chi connectivity index (χ1n) is 6.34. The Bertz CT molecular complexity index is 710. The number of nitrogen functional groups attached to an aromatic ring is 1. The van der Waals surface area contributed by atoms with Gasteiger partial charge >= 0.3 is 0 Å². The monoisotopic (exact) mass is 342 g/mol. The van der Waals surface area contributed by atoms with Gasteiger partial charge in [-0.15, -0.1) is 0 Å². The van der Waals surface area contributed by atoms with Crippen LogP contribution in [0.25, 0.3) is 0 Å². The van der Waals surface area contributed by atoms with E-state index in [1.54, 1.807) is 19.1 Å². The minimum Gasteiger partial charge on any atom is -0.479 e. The molecule has 2 aromatic carbocycles. The number of carbonyl (C=O) groups is 1. The minimum absolute atomic E-state index is 0.00948. The summed E-state index contributed by atoms with van der Waals surface area (Å²) in [6, 6.07) is 8.68. The van der Waals surface area contributed by atoms with Crippen LogP contribution in [0.1, 0.15) is 6.92 Å². The summed E-state index contributed by atoms with van der Waals surface area (Å²) >= 11 is 11.8. The van der Waals surface area contributed by atoms with Crippen LogP contribution < -0.4 is 15.8 Å². The second-order valence-corrected chi connectivity index (χ2v) is 5.40. The van der Waals surface area contributed by atoms with Gasteiger partial charge in [0.1, 0.15) is 11.6 Å². The fourth-order valence-corrected chi connectivity index (χ4v) is 2.12. The number of anilines is 2. The quantitative estimate of drug-likeness (QED) is 0.821. The lowest BCUT2D eigenvalue weighted by Gasteiger charge is -2.16. The van der Waals surface area contributed by atoms with E-state index in [-0.39, 0.29) is 11.4 Å². The van der Waals surface area contributed by atoms with E-state index in [4.69, 9.17) is 33.7 Å². The van der Waals surface area contributed by atoms with Crippen molar-refractivity contribution >= 4 is 40.5 Å². The number of rotatable bonds is 4. The number of ether oxygens (including phenoxy) is 1. The maximum atomic E-state index is 13.3. The van der Waals surface area contributed by atoms with Crippen LogP contribution in [0.4, 0.5) is 15.8 Å². The first-order valence-corrected chi connectivity index (χ1v) is 7.10. The molecule has 3 N–H and O–H groups in total. The summed E-state index contributed by atoms with van der Waals surface area (Å²) in [5, 5.41) is 3.29. The fourth-order valence-electron chi connectivity index (χ4n) is 1.66. The molecule has 0 saturated carbocycles. The van der Waals surface area contributed by atoms with Gasteiger partial charge in [-0.05, 0) is 43.3 Å². The number of carbonyl (C=O) groups excluding carboxylic acids is 1.